The predicted molar refractivity (Wildman–Crippen MR) is 95.0 cm³/mol. The van der Waals surface area contributed by atoms with Crippen molar-refractivity contribution >= 4 is 31.1 Å². The first-order chi connectivity index (χ1) is 10.9. The Hall–Kier alpha value is -2.07. The molecule has 1 amide bonds. The SMILES string of the molecule is CC1=Cc2c(C3=C(C([NH])=O)C=CCC3=[Si](C)C)ccc(F)c2C1. The van der Waals surface area contributed by atoms with Crippen LogP contribution < -0.4 is 5.73 Å². The highest BCUT2D eigenvalue weighted by atomic mass is 28.2. The van der Waals surface area contributed by atoms with E-state index < -0.39 is 14.3 Å². The molecule has 0 spiro atoms. The zero-order valence-corrected chi connectivity index (χ0v) is 14.6. The molecule has 0 unspecified atom stereocenters. The summed E-state index contributed by atoms with van der Waals surface area (Å²) in [6.45, 7) is 6.38. The highest BCUT2D eigenvalue weighted by molar-refractivity contribution is 6.77. The van der Waals surface area contributed by atoms with Crippen LogP contribution in [0.5, 0.6) is 0 Å². The van der Waals surface area contributed by atoms with Crippen molar-refractivity contribution in [3.63, 3.8) is 0 Å². The summed E-state index contributed by atoms with van der Waals surface area (Å²) in [5.74, 6) is -0.865. The number of benzene rings is 1. The monoisotopic (exact) mass is 324 g/mol. The third-order valence-electron chi connectivity index (χ3n) is 4.44. The van der Waals surface area contributed by atoms with Crippen LogP contribution in [-0.4, -0.2) is 19.5 Å². The molecular weight excluding hydrogens is 305 g/mol. The van der Waals surface area contributed by atoms with E-state index in [-0.39, 0.29) is 5.82 Å². The Morgan fingerprint density at radius 1 is 1.30 bits per heavy atom. The summed E-state index contributed by atoms with van der Waals surface area (Å²) >= 11 is 0. The van der Waals surface area contributed by atoms with Crippen LogP contribution in [0.3, 0.4) is 0 Å². The van der Waals surface area contributed by atoms with Gasteiger partial charge in [0.25, 0.3) is 5.91 Å². The van der Waals surface area contributed by atoms with Gasteiger partial charge in [0.2, 0.25) is 0 Å². The highest BCUT2D eigenvalue weighted by Crippen LogP contribution is 2.36. The van der Waals surface area contributed by atoms with Gasteiger partial charge < -0.3 is 0 Å². The van der Waals surface area contributed by atoms with E-state index in [1.54, 1.807) is 12.1 Å². The van der Waals surface area contributed by atoms with Crippen LogP contribution in [0.1, 0.15) is 30.0 Å². The van der Waals surface area contributed by atoms with E-state index in [0.29, 0.717) is 17.6 Å². The van der Waals surface area contributed by atoms with Gasteiger partial charge in [0, 0.05) is 14.0 Å². The molecule has 0 aliphatic heterocycles. The van der Waals surface area contributed by atoms with Crippen LogP contribution in [0, 0.1) is 5.82 Å². The van der Waals surface area contributed by atoms with E-state index in [0.717, 1.165) is 28.7 Å². The second-order valence-electron chi connectivity index (χ2n) is 6.36. The fourth-order valence-electron chi connectivity index (χ4n) is 3.37. The van der Waals surface area contributed by atoms with Gasteiger partial charge in [0.15, 0.2) is 0 Å². The van der Waals surface area contributed by atoms with E-state index >= 15 is 0 Å². The molecule has 1 radical (unpaired) electrons. The molecule has 117 valence electrons. The summed E-state index contributed by atoms with van der Waals surface area (Å²) in [7, 11) is -0.779. The quantitative estimate of drug-likeness (QED) is 0.763. The lowest BCUT2D eigenvalue weighted by molar-refractivity contribution is -0.114. The van der Waals surface area contributed by atoms with E-state index in [1.807, 2.05) is 19.1 Å². The average Bonchev–Trinajstić information content (AvgIpc) is 2.89. The number of rotatable bonds is 2. The summed E-state index contributed by atoms with van der Waals surface area (Å²) in [5.41, 5.74) is 12.5. The number of halogens is 1. The predicted octanol–water partition coefficient (Wildman–Crippen LogP) is 3.82. The van der Waals surface area contributed by atoms with Crippen LogP contribution in [-0.2, 0) is 11.2 Å². The minimum absolute atomic E-state index is 0.192. The van der Waals surface area contributed by atoms with Crippen LogP contribution in [0.4, 0.5) is 4.39 Å². The second kappa shape index (κ2) is 5.85. The minimum Gasteiger partial charge on any atom is -0.267 e. The smallest absolute Gasteiger partial charge is 0.267 e. The maximum atomic E-state index is 14.2. The number of hydrogen-bond acceptors (Lipinski definition) is 1. The van der Waals surface area contributed by atoms with Gasteiger partial charge >= 0.3 is 0 Å². The fourth-order valence-corrected chi connectivity index (χ4v) is 4.67. The first kappa shape index (κ1) is 15.8. The van der Waals surface area contributed by atoms with E-state index in [4.69, 9.17) is 5.73 Å². The minimum atomic E-state index is -0.779. The van der Waals surface area contributed by atoms with E-state index in [9.17, 15) is 9.18 Å². The zero-order valence-electron chi connectivity index (χ0n) is 13.6. The van der Waals surface area contributed by atoms with Crippen molar-refractivity contribution in [3.8, 4) is 0 Å². The first-order valence-corrected chi connectivity index (χ1v) is 10.2. The molecule has 0 heterocycles. The Balaban J connectivity index is 2.35. The molecule has 2 aliphatic carbocycles. The Kier molecular flexibility index (Phi) is 4.02. The summed E-state index contributed by atoms with van der Waals surface area (Å²) < 4.78 is 14.2. The van der Waals surface area contributed by atoms with Crippen molar-refractivity contribution in [2.45, 2.75) is 32.9 Å². The number of allylic oxidation sites excluding steroid dienone is 3. The Morgan fingerprint density at radius 3 is 2.70 bits per heavy atom. The average molecular weight is 324 g/mol. The third kappa shape index (κ3) is 2.68. The van der Waals surface area contributed by atoms with Crippen molar-refractivity contribution in [1.29, 1.82) is 0 Å². The maximum Gasteiger partial charge on any atom is 0.270 e. The summed E-state index contributed by atoms with van der Waals surface area (Å²) in [4.78, 5) is 11.8. The lowest BCUT2D eigenvalue weighted by Gasteiger charge is -2.22. The molecule has 1 aromatic rings. The lowest BCUT2D eigenvalue weighted by atomic mass is 9.87. The lowest BCUT2D eigenvalue weighted by Crippen LogP contribution is -2.20. The molecule has 0 saturated carbocycles. The summed E-state index contributed by atoms with van der Waals surface area (Å²) in [5, 5.41) is 1.24. The Labute approximate surface area is 137 Å². The molecular formula is C19H19FNOSi. The van der Waals surface area contributed by atoms with Crippen molar-refractivity contribution < 1.29 is 9.18 Å². The molecule has 0 aromatic heterocycles. The van der Waals surface area contributed by atoms with Crippen LogP contribution in [0.25, 0.3) is 11.6 Å². The van der Waals surface area contributed by atoms with Gasteiger partial charge in [-0.1, -0.05) is 48.1 Å². The van der Waals surface area contributed by atoms with Crippen molar-refractivity contribution in [3.05, 3.63) is 57.9 Å². The molecule has 4 heteroatoms. The van der Waals surface area contributed by atoms with Crippen LogP contribution in [0.2, 0.25) is 13.1 Å². The van der Waals surface area contributed by atoms with Crippen molar-refractivity contribution in [1.82, 2.24) is 5.73 Å². The highest BCUT2D eigenvalue weighted by Gasteiger charge is 2.25. The van der Waals surface area contributed by atoms with Crippen LogP contribution in [0.15, 0.2) is 35.4 Å². The van der Waals surface area contributed by atoms with E-state index in [2.05, 4.69) is 13.1 Å². The standard InChI is InChI=1S/C19H19FNOSi/c1-11-9-14-12(7-8-16(20)15(14)10-11)18-13(19(21)22)5-4-6-17(18)23(2)3/h4-5,7-9,21H,6,10H2,1-3H3. The van der Waals surface area contributed by atoms with Gasteiger partial charge in [-0.3, -0.25) is 10.5 Å². The molecule has 2 nitrogen and oxygen atoms in total. The Bertz CT molecular complexity index is 839. The molecule has 1 aromatic carbocycles. The molecule has 0 fully saturated rings. The molecule has 2 aliphatic rings. The van der Waals surface area contributed by atoms with Gasteiger partial charge in [-0.25, -0.2) is 4.39 Å². The van der Waals surface area contributed by atoms with Gasteiger partial charge in [-0.2, -0.15) is 0 Å². The molecule has 0 atom stereocenters. The third-order valence-corrected chi connectivity index (χ3v) is 6.10. The van der Waals surface area contributed by atoms with Crippen molar-refractivity contribution in [2.75, 3.05) is 0 Å². The summed E-state index contributed by atoms with van der Waals surface area (Å²) in [6.07, 6.45) is 7.15. The molecule has 1 N–H and O–H groups in total. The van der Waals surface area contributed by atoms with Gasteiger partial charge in [0.05, 0.1) is 0 Å². The number of carbonyl (C=O) groups excluding carboxylic acids is 1. The topological polar surface area (TPSA) is 40.9 Å². The number of amides is 1. The molecule has 3 rings (SSSR count). The first-order valence-electron chi connectivity index (χ1n) is 7.72. The molecule has 0 bridgehead atoms. The number of hydrogen-bond donors (Lipinski definition) is 0. The normalized spacial score (nSPS) is 16.5. The summed E-state index contributed by atoms with van der Waals surface area (Å²) in [6, 6.07) is 3.26. The molecule has 23 heavy (non-hydrogen) atoms. The molecule has 0 saturated heterocycles. The number of carbonyl (C=O) groups is 1. The van der Waals surface area contributed by atoms with Gasteiger partial charge in [-0.05, 0) is 48.1 Å². The van der Waals surface area contributed by atoms with E-state index in [1.165, 1.54) is 11.2 Å². The van der Waals surface area contributed by atoms with Crippen molar-refractivity contribution in [2.24, 2.45) is 0 Å². The number of fused-ring (bicyclic) bond motifs is 1. The fraction of sp³-hybridized carbons (Fsp3) is 0.263. The second-order valence-corrected chi connectivity index (χ2v) is 8.96. The van der Waals surface area contributed by atoms with Gasteiger partial charge in [-0.15, -0.1) is 0 Å². The van der Waals surface area contributed by atoms with Crippen LogP contribution >= 0.6 is 0 Å². The van der Waals surface area contributed by atoms with Gasteiger partial charge in [0.1, 0.15) is 5.82 Å². The number of nitrogens with one attached hydrogen (secondary N) is 1. The maximum absolute atomic E-state index is 14.2. The zero-order chi connectivity index (χ0) is 16.7. The Morgan fingerprint density at radius 2 is 2.04 bits per heavy atom. The largest absolute Gasteiger partial charge is 0.270 e.